The smallest absolute Gasteiger partial charge is 0.255 e. The molecule has 0 radical (unpaired) electrons. The Hall–Kier alpha value is -4.08. The lowest BCUT2D eigenvalue weighted by molar-refractivity contribution is -0.113. The number of amides is 1. The SMILES string of the molecule is COc1ccc(OC)c([C@H]2C(C(=O)Nc3ccccc3OC)=C(C)Nc3nnnn32)c1. The number of hydrogen-bond donors (Lipinski definition) is 2. The topological polar surface area (TPSA) is 112 Å². The zero-order chi connectivity index (χ0) is 22.0. The van der Waals surface area contributed by atoms with E-state index in [4.69, 9.17) is 14.2 Å². The van der Waals surface area contributed by atoms with Crippen molar-refractivity contribution >= 4 is 17.5 Å². The number of methoxy groups -OCH3 is 3. The minimum atomic E-state index is -0.647. The molecule has 1 aliphatic rings. The highest BCUT2D eigenvalue weighted by atomic mass is 16.5. The summed E-state index contributed by atoms with van der Waals surface area (Å²) in [5, 5.41) is 17.9. The molecular formula is C21H22N6O4. The standard InChI is InChI=1S/C21H22N6O4/c1-12-18(20(28)23-15-7-5-6-8-17(15)31-4)19(27-21(22-12)24-25-26-27)14-11-13(29-2)9-10-16(14)30-3/h5-11,19H,1-4H3,(H,23,28)(H,22,24,26)/t19-/m0/s1. The average Bonchev–Trinajstić information content (AvgIpc) is 3.26. The summed E-state index contributed by atoms with van der Waals surface area (Å²) in [5.41, 5.74) is 2.28. The van der Waals surface area contributed by atoms with Crippen molar-refractivity contribution in [1.29, 1.82) is 0 Å². The van der Waals surface area contributed by atoms with Crippen molar-refractivity contribution in [2.75, 3.05) is 32.0 Å². The molecule has 160 valence electrons. The minimum Gasteiger partial charge on any atom is -0.497 e. The number of allylic oxidation sites excluding steroid dienone is 1. The Morgan fingerprint density at radius 3 is 2.58 bits per heavy atom. The summed E-state index contributed by atoms with van der Waals surface area (Å²) in [7, 11) is 4.69. The van der Waals surface area contributed by atoms with Gasteiger partial charge in [-0.25, -0.2) is 0 Å². The Morgan fingerprint density at radius 2 is 1.84 bits per heavy atom. The summed E-state index contributed by atoms with van der Waals surface area (Å²) in [6.07, 6.45) is 0. The molecule has 2 aromatic carbocycles. The second-order valence-corrected chi connectivity index (χ2v) is 6.78. The van der Waals surface area contributed by atoms with Crippen molar-refractivity contribution in [1.82, 2.24) is 20.2 Å². The van der Waals surface area contributed by atoms with Crippen molar-refractivity contribution in [2.24, 2.45) is 0 Å². The van der Waals surface area contributed by atoms with Gasteiger partial charge in [0.15, 0.2) is 0 Å². The van der Waals surface area contributed by atoms with Crippen LogP contribution >= 0.6 is 0 Å². The zero-order valence-corrected chi connectivity index (χ0v) is 17.5. The molecule has 0 fully saturated rings. The summed E-state index contributed by atoms with van der Waals surface area (Å²) in [5.74, 6) is 1.83. The van der Waals surface area contributed by atoms with Crippen molar-refractivity contribution in [2.45, 2.75) is 13.0 Å². The summed E-state index contributed by atoms with van der Waals surface area (Å²) < 4.78 is 17.9. The van der Waals surface area contributed by atoms with E-state index in [2.05, 4.69) is 26.2 Å². The van der Waals surface area contributed by atoms with Gasteiger partial charge < -0.3 is 24.8 Å². The number of nitrogens with zero attached hydrogens (tertiary/aromatic N) is 4. The van der Waals surface area contributed by atoms with Gasteiger partial charge in [0.05, 0.1) is 32.6 Å². The van der Waals surface area contributed by atoms with Gasteiger partial charge in [-0.15, -0.1) is 0 Å². The van der Waals surface area contributed by atoms with E-state index in [1.807, 2.05) is 18.2 Å². The minimum absolute atomic E-state index is 0.328. The van der Waals surface area contributed by atoms with Gasteiger partial charge in [0.1, 0.15) is 23.3 Å². The number of tetrazole rings is 1. The predicted octanol–water partition coefficient (Wildman–Crippen LogP) is 2.63. The Morgan fingerprint density at radius 1 is 1.06 bits per heavy atom. The van der Waals surface area contributed by atoms with Gasteiger partial charge >= 0.3 is 0 Å². The first-order chi connectivity index (χ1) is 15.1. The number of fused-ring (bicyclic) bond motifs is 1. The molecule has 0 saturated heterocycles. The van der Waals surface area contributed by atoms with Crippen LogP contribution in [0, 0.1) is 0 Å². The molecule has 1 aromatic heterocycles. The van der Waals surface area contributed by atoms with E-state index in [0.29, 0.717) is 45.7 Å². The molecule has 3 aromatic rings. The van der Waals surface area contributed by atoms with Crippen molar-refractivity contribution < 1.29 is 19.0 Å². The number of anilines is 2. The Kier molecular flexibility index (Phi) is 5.44. The van der Waals surface area contributed by atoms with E-state index in [1.165, 1.54) is 0 Å². The van der Waals surface area contributed by atoms with Crippen LogP contribution in [-0.2, 0) is 4.79 Å². The number of aromatic nitrogens is 4. The molecule has 10 nitrogen and oxygen atoms in total. The number of benzene rings is 2. The van der Waals surface area contributed by atoms with Crippen molar-refractivity contribution in [3.63, 3.8) is 0 Å². The molecule has 1 aliphatic heterocycles. The molecular weight excluding hydrogens is 400 g/mol. The highest BCUT2D eigenvalue weighted by Gasteiger charge is 2.36. The number of rotatable bonds is 6. The van der Waals surface area contributed by atoms with E-state index >= 15 is 0 Å². The van der Waals surface area contributed by atoms with Crippen LogP contribution in [-0.4, -0.2) is 47.4 Å². The summed E-state index contributed by atoms with van der Waals surface area (Å²) in [6, 6.07) is 11.9. The molecule has 0 bridgehead atoms. The molecule has 1 atom stereocenters. The van der Waals surface area contributed by atoms with Crippen LogP contribution in [0.5, 0.6) is 17.2 Å². The summed E-state index contributed by atoms with van der Waals surface area (Å²) >= 11 is 0. The van der Waals surface area contributed by atoms with E-state index in [-0.39, 0.29) is 5.91 Å². The highest BCUT2D eigenvalue weighted by Crippen LogP contribution is 2.40. The first-order valence-electron chi connectivity index (χ1n) is 9.49. The Balaban J connectivity index is 1.83. The second kappa shape index (κ2) is 8.34. The molecule has 4 rings (SSSR count). The molecule has 0 saturated carbocycles. The first-order valence-corrected chi connectivity index (χ1v) is 9.49. The van der Waals surface area contributed by atoms with Gasteiger partial charge in [-0.05, 0) is 47.7 Å². The number of hydrogen-bond acceptors (Lipinski definition) is 8. The average molecular weight is 422 g/mol. The number of para-hydroxylation sites is 2. The van der Waals surface area contributed by atoms with Gasteiger partial charge in [0, 0.05) is 11.3 Å². The van der Waals surface area contributed by atoms with Crippen molar-refractivity contribution in [3.05, 3.63) is 59.3 Å². The maximum Gasteiger partial charge on any atom is 0.255 e. The van der Waals surface area contributed by atoms with Crippen molar-refractivity contribution in [3.8, 4) is 17.2 Å². The maximum absolute atomic E-state index is 13.5. The van der Waals surface area contributed by atoms with Crippen LogP contribution in [0.15, 0.2) is 53.7 Å². The largest absolute Gasteiger partial charge is 0.497 e. The van der Waals surface area contributed by atoms with Gasteiger partial charge in [0.2, 0.25) is 5.95 Å². The number of carbonyl (C=O) groups is 1. The van der Waals surface area contributed by atoms with Crippen LogP contribution in [0.4, 0.5) is 11.6 Å². The number of carbonyl (C=O) groups excluding carboxylic acids is 1. The predicted molar refractivity (Wildman–Crippen MR) is 113 cm³/mol. The third-order valence-corrected chi connectivity index (χ3v) is 5.05. The maximum atomic E-state index is 13.5. The molecule has 31 heavy (non-hydrogen) atoms. The lowest BCUT2D eigenvalue weighted by atomic mass is 9.94. The zero-order valence-electron chi connectivity index (χ0n) is 17.5. The number of nitrogens with one attached hydrogen (secondary N) is 2. The fourth-order valence-corrected chi connectivity index (χ4v) is 3.58. The first kappa shape index (κ1) is 20.2. The van der Waals surface area contributed by atoms with Crippen LogP contribution in [0.25, 0.3) is 0 Å². The molecule has 0 unspecified atom stereocenters. The van der Waals surface area contributed by atoms with Crippen LogP contribution in [0.1, 0.15) is 18.5 Å². The van der Waals surface area contributed by atoms with Crippen LogP contribution < -0.4 is 24.8 Å². The van der Waals surface area contributed by atoms with E-state index < -0.39 is 6.04 Å². The Bertz CT molecular complexity index is 1160. The van der Waals surface area contributed by atoms with Gasteiger partial charge in [-0.1, -0.05) is 17.2 Å². The van der Waals surface area contributed by atoms with Crippen LogP contribution in [0.2, 0.25) is 0 Å². The quantitative estimate of drug-likeness (QED) is 0.623. The molecule has 10 heteroatoms. The molecule has 0 aliphatic carbocycles. The van der Waals surface area contributed by atoms with E-state index in [0.717, 1.165) is 0 Å². The Labute approximate surface area is 178 Å². The van der Waals surface area contributed by atoms with Crippen LogP contribution in [0.3, 0.4) is 0 Å². The number of ether oxygens (including phenoxy) is 3. The molecule has 2 heterocycles. The fourth-order valence-electron chi connectivity index (χ4n) is 3.58. The summed E-state index contributed by atoms with van der Waals surface area (Å²) in [4.78, 5) is 13.5. The second-order valence-electron chi connectivity index (χ2n) is 6.78. The fraction of sp³-hybridized carbons (Fsp3) is 0.238. The van der Waals surface area contributed by atoms with Gasteiger partial charge in [0.25, 0.3) is 5.91 Å². The highest BCUT2D eigenvalue weighted by molar-refractivity contribution is 6.06. The summed E-state index contributed by atoms with van der Waals surface area (Å²) in [6.45, 7) is 1.80. The molecule has 2 N–H and O–H groups in total. The van der Waals surface area contributed by atoms with E-state index in [1.54, 1.807) is 57.2 Å². The third kappa shape index (κ3) is 3.63. The lowest BCUT2D eigenvalue weighted by Crippen LogP contribution is -2.31. The third-order valence-electron chi connectivity index (χ3n) is 5.05. The van der Waals surface area contributed by atoms with Gasteiger partial charge in [-0.2, -0.15) is 4.68 Å². The molecule has 0 spiro atoms. The van der Waals surface area contributed by atoms with Gasteiger partial charge in [-0.3, -0.25) is 4.79 Å². The normalized spacial score (nSPS) is 15.0. The monoisotopic (exact) mass is 422 g/mol. The lowest BCUT2D eigenvalue weighted by Gasteiger charge is -2.29. The van der Waals surface area contributed by atoms with E-state index in [9.17, 15) is 4.79 Å². The molecule has 1 amide bonds.